The fourth-order valence-electron chi connectivity index (χ4n) is 1.32. The van der Waals surface area contributed by atoms with Crippen molar-refractivity contribution in [1.82, 2.24) is 24.6 Å². The van der Waals surface area contributed by atoms with Gasteiger partial charge in [-0.25, -0.2) is 14.3 Å². The molecule has 0 saturated heterocycles. The first-order chi connectivity index (χ1) is 8.84. The predicted octanol–water partition coefficient (Wildman–Crippen LogP) is -1.84. The lowest BCUT2D eigenvalue weighted by Gasteiger charge is -2.12. The van der Waals surface area contributed by atoms with E-state index in [0.29, 0.717) is 13.1 Å². The van der Waals surface area contributed by atoms with Crippen LogP contribution in [0.4, 0.5) is 10.6 Å². The van der Waals surface area contributed by atoms with Crippen molar-refractivity contribution >= 4 is 11.8 Å². The zero-order chi connectivity index (χ0) is 14.6. The maximum atomic E-state index is 11.7. The maximum absolute atomic E-state index is 11.7. The van der Waals surface area contributed by atoms with Gasteiger partial charge in [0, 0.05) is 41.3 Å². The Morgan fingerprint density at radius 2 is 1.89 bits per heavy atom. The molecule has 0 aromatic carbocycles. The zero-order valence-corrected chi connectivity index (χ0v) is 11.4. The fraction of sp³-hybridized carbons (Fsp3) is 0.600. The second-order valence-electron chi connectivity index (χ2n) is 4.17. The highest BCUT2D eigenvalue weighted by Gasteiger charge is 2.08. The van der Waals surface area contributed by atoms with E-state index in [0.717, 1.165) is 9.25 Å². The van der Waals surface area contributed by atoms with Crippen LogP contribution >= 0.6 is 0 Å². The number of hydrogen-bond donors (Lipinski definition) is 2. The molecule has 2 amide bonds. The molecule has 0 aliphatic rings. The number of amides is 2. The van der Waals surface area contributed by atoms with Gasteiger partial charge in [-0.05, 0) is 0 Å². The fourth-order valence-corrected chi connectivity index (χ4v) is 1.32. The first-order valence-corrected chi connectivity index (χ1v) is 5.68. The minimum absolute atomic E-state index is 0.0729. The summed E-state index contributed by atoms with van der Waals surface area (Å²) in [6.07, 6.45) is 0. The summed E-state index contributed by atoms with van der Waals surface area (Å²) in [5.74, 6) is 0.0729. The number of aromatic nitrogens is 3. The third-order valence-corrected chi connectivity index (χ3v) is 2.42. The lowest BCUT2D eigenvalue weighted by atomic mass is 10.5. The molecule has 0 radical (unpaired) electrons. The zero-order valence-electron chi connectivity index (χ0n) is 11.4. The van der Waals surface area contributed by atoms with Crippen LogP contribution in [0, 0.1) is 0 Å². The van der Waals surface area contributed by atoms with Gasteiger partial charge in [0.15, 0.2) is 0 Å². The van der Waals surface area contributed by atoms with Crippen molar-refractivity contribution in [2.75, 3.05) is 32.5 Å². The van der Waals surface area contributed by atoms with Crippen LogP contribution in [0.5, 0.6) is 0 Å². The van der Waals surface area contributed by atoms with Crippen molar-refractivity contribution in [3.63, 3.8) is 0 Å². The number of rotatable bonds is 4. The number of hydrogen-bond acceptors (Lipinski definition) is 5. The molecule has 1 rings (SSSR count). The lowest BCUT2D eigenvalue weighted by molar-refractivity contribution is 0.218. The van der Waals surface area contributed by atoms with E-state index in [9.17, 15) is 14.4 Å². The lowest BCUT2D eigenvalue weighted by Crippen LogP contribution is -2.41. The molecule has 0 aliphatic heterocycles. The molecule has 0 unspecified atom stereocenters. The molecule has 9 heteroatoms. The van der Waals surface area contributed by atoms with E-state index in [4.69, 9.17) is 0 Å². The van der Waals surface area contributed by atoms with Gasteiger partial charge in [0.1, 0.15) is 0 Å². The van der Waals surface area contributed by atoms with Crippen LogP contribution in [0.15, 0.2) is 9.59 Å². The van der Waals surface area contributed by atoms with E-state index < -0.39 is 11.2 Å². The third kappa shape index (κ3) is 3.57. The van der Waals surface area contributed by atoms with E-state index in [1.807, 2.05) is 0 Å². The van der Waals surface area contributed by atoms with Gasteiger partial charge >= 0.3 is 11.7 Å². The number of nitrogens with one attached hydrogen (secondary N) is 2. The second-order valence-corrected chi connectivity index (χ2v) is 4.17. The molecule has 1 aromatic rings. The first-order valence-electron chi connectivity index (χ1n) is 5.68. The molecule has 0 bridgehead atoms. The summed E-state index contributed by atoms with van der Waals surface area (Å²) in [5, 5.41) is 9.23. The molecule has 9 nitrogen and oxygen atoms in total. The van der Waals surface area contributed by atoms with Crippen LogP contribution in [0.2, 0.25) is 0 Å². The Kier molecular flexibility index (Phi) is 4.67. The number of aryl methyl sites for hydroxylation is 1. The molecular weight excluding hydrogens is 252 g/mol. The van der Waals surface area contributed by atoms with Crippen molar-refractivity contribution in [3.8, 4) is 0 Å². The molecule has 0 aliphatic carbocycles. The first kappa shape index (κ1) is 14.7. The van der Waals surface area contributed by atoms with Crippen molar-refractivity contribution in [3.05, 3.63) is 20.8 Å². The summed E-state index contributed by atoms with van der Waals surface area (Å²) < 4.78 is 2.04. The van der Waals surface area contributed by atoms with Crippen molar-refractivity contribution in [2.45, 2.75) is 0 Å². The molecule has 1 aromatic heterocycles. The summed E-state index contributed by atoms with van der Waals surface area (Å²) >= 11 is 0. The van der Waals surface area contributed by atoms with E-state index >= 15 is 0 Å². The summed E-state index contributed by atoms with van der Waals surface area (Å²) in [5.41, 5.74) is -0.988. The smallest absolute Gasteiger partial charge is 0.346 e. The van der Waals surface area contributed by atoms with Crippen LogP contribution < -0.4 is 21.9 Å². The van der Waals surface area contributed by atoms with E-state index in [1.54, 1.807) is 14.1 Å². The minimum Gasteiger partial charge on any atom is -0.362 e. The Balaban J connectivity index is 2.63. The van der Waals surface area contributed by atoms with Crippen molar-refractivity contribution in [2.24, 2.45) is 14.1 Å². The van der Waals surface area contributed by atoms with Gasteiger partial charge in [-0.15, -0.1) is 5.10 Å². The van der Waals surface area contributed by atoms with Gasteiger partial charge in [-0.1, -0.05) is 0 Å². The Labute approximate surface area is 109 Å². The molecule has 0 atom stereocenters. The Bertz CT molecular complexity index is 574. The van der Waals surface area contributed by atoms with E-state index in [1.165, 1.54) is 19.0 Å². The van der Waals surface area contributed by atoms with Crippen LogP contribution in [-0.2, 0) is 14.1 Å². The molecule has 0 spiro atoms. The van der Waals surface area contributed by atoms with Crippen LogP contribution in [0.3, 0.4) is 0 Å². The number of anilines is 1. The minimum atomic E-state index is -0.498. The van der Waals surface area contributed by atoms with Crippen molar-refractivity contribution in [1.29, 1.82) is 0 Å². The number of carbonyl (C=O) groups excluding carboxylic acids is 1. The van der Waals surface area contributed by atoms with Crippen LogP contribution in [-0.4, -0.2) is 52.5 Å². The van der Waals surface area contributed by atoms with Crippen LogP contribution in [0.1, 0.15) is 0 Å². The standard InChI is InChI=1S/C10H18N6O3/c1-14(2)9(18)12-6-5-11-7-8(17)15(3)10(19)16(4)13-7/h5-6H2,1-4H3,(H,11,13)(H,12,18). The largest absolute Gasteiger partial charge is 0.362 e. The number of nitrogens with zero attached hydrogens (tertiary/aromatic N) is 4. The maximum Gasteiger partial charge on any atom is 0.346 e. The average molecular weight is 270 g/mol. The molecular formula is C10H18N6O3. The highest BCUT2D eigenvalue weighted by molar-refractivity contribution is 5.73. The number of urea groups is 1. The normalized spacial score (nSPS) is 10.1. The summed E-state index contributed by atoms with van der Waals surface area (Å²) in [6, 6.07) is -0.219. The highest BCUT2D eigenvalue weighted by atomic mass is 16.2. The molecule has 19 heavy (non-hydrogen) atoms. The Morgan fingerprint density at radius 1 is 1.26 bits per heavy atom. The second kappa shape index (κ2) is 6.03. The predicted molar refractivity (Wildman–Crippen MR) is 70.3 cm³/mol. The van der Waals surface area contributed by atoms with E-state index in [2.05, 4.69) is 15.7 Å². The van der Waals surface area contributed by atoms with Crippen LogP contribution in [0.25, 0.3) is 0 Å². The van der Waals surface area contributed by atoms with Gasteiger partial charge in [-0.2, -0.15) is 0 Å². The Hall–Kier alpha value is -2.32. The molecule has 0 fully saturated rings. The monoisotopic (exact) mass is 270 g/mol. The molecule has 0 saturated carbocycles. The Morgan fingerprint density at radius 3 is 2.47 bits per heavy atom. The highest BCUT2D eigenvalue weighted by Crippen LogP contribution is 1.87. The van der Waals surface area contributed by atoms with E-state index in [-0.39, 0.29) is 11.8 Å². The third-order valence-electron chi connectivity index (χ3n) is 2.42. The summed E-state index contributed by atoms with van der Waals surface area (Å²) in [7, 11) is 6.10. The van der Waals surface area contributed by atoms with Gasteiger partial charge in [0.2, 0.25) is 5.82 Å². The topological polar surface area (TPSA) is 101 Å². The van der Waals surface area contributed by atoms with Crippen molar-refractivity contribution < 1.29 is 4.79 Å². The van der Waals surface area contributed by atoms with Gasteiger partial charge < -0.3 is 15.5 Å². The average Bonchev–Trinajstić information content (AvgIpc) is 2.37. The van der Waals surface area contributed by atoms with Gasteiger partial charge in [-0.3, -0.25) is 9.36 Å². The summed E-state index contributed by atoms with van der Waals surface area (Å²) in [4.78, 5) is 35.8. The summed E-state index contributed by atoms with van der Waals surface area (Å²) in [6.45, 7) is 0.671. The quantitative estimate of drug-likeness (QED) is 0.626. The molecule has 2 N–H and O–H groups in total. The number of carbonyl (C=O) groups is 1. The molecule has 106 valence electrons. The SMILES string of the molecule is CN(C)C(=O)NCCNc1nn(C)c(=O)n(C)c1=O. The van der Waals surface area contributed by atoms with Gasteiger partial charge in [0.25, 0.3) is 5.56 Å². The molecule has 1 heterocycles. The van der Waals surface area contributed by atoms with Gasteiger partial charge in [0.05, 0.1) is 0 Å².